The smallest absolute Gasteiger partial charge is 0.256 e. The number of hydrogen-bond acceptors (Lipinski definition) is 4. The molecule has 3 aliphatic heterocycles. The first kappa shape index (κ1) is 25.1. The zero-order valence-electron chi connectivity index (χ0n) is 20.8. The van der Waals surface area contributed by atoms with E-state index in [2.05, 4.69) is 4.90 Å². The van der Waals surface area contributed by atoms with Crippen LogP contribution in [0.2, 0.25) is 5.02 Å². The Balaban J connectivity index is 1.11. The Bertz CT molecular complexity index is 1060. The summed E-state index contributed by atoms with van der Waals surface area (Å²) in [6.07, 6.45) is 5.31. The minimum absolute atomic E-state index is 0.0452. The lowest BCUT2D eigenvalue weighted by atomic mass is 9.78. The van der Waals surface area contributed by atoms with Crippen LogP contribution >= 0.6 is 11.6 Å². The predicted octanol–water partition coefficient (Wildman–Crippen LogP) is 4.76. The molecule has 0 radical (unpaired) electrons. The van der Waals surface area contributed by atoms with Gasteiger partial charge in [-0.2, -0.15) is 0 Å². The van der Waals surface area contributed by atoms with Gasteiger partial charge in [0.25, 0.3) is 11.8 Å². The van der Waals surface area contributed by atoms with Crippen LogP contribution in [0, 0.1) is 11.8 Å². The Morgan fingerprint density at radius 3 is 2.03 bits per heavy atom. The van der Waals surface area contributed by atoms with Gasteiger partial charge in [-0.05, 0) is 74.1 Å². The van der Waals surface area contributed by atoms with Crippen LogP contribution in [-0.4, -0.2) is 66.0 Å². The molecular formula is C29H36ClN3O3. The van der Waals surface area contributed by atoms with Gasteiger partial charge in [-0.1, -0.05) is 41.9 Å². The summed E-state index contributed by atoms with van der Waals surface area (Å²) in [4.78, 5) is 31.6. The Morgan fingerprint density at radius 1 is 0.806 bits per heavy atom. The highest BCUT2D eigenvalue weighted by molar-refractivity contribution is 6.34. The molecule has 36 heavy (non-hydrogen) atoms. The molecule has 3 aliphatic rings. The molecule has 6 nitrogen and oxygen atoms in total. The van der Waals surface area contributed by atoms with Gasteiger partial charge in [-0.3, -0.25) is 9.59 Å². The van der Waals surface area contributed by atoms with Crippen LogP contribution in [0.25, 0.3) is 0 Å². The quantitative estimate of drug-likeness (QED) is 0.631. The summed E-state index contributed by atoms with van der Waals surface area (Å²) in [6, 6.07) is 15.1. The summed E-state index contributed by atoms with van der Waals surface area (Å²) in [5, 5.41) is 11.0. The molecular weight excluding hydrogens is 474 g/mol. The summed E-state index contributed by atoms with van der Waals surface area (Å²) in [7, 11) is 0. The van der Waals surface area contributed by atoms with Crippen LogP contribution in [0.5, 0.6) is 0 Å². The van der Waals surface area contributed by atoms with E-state index in [1.54, 1.807) is 12.1 Å². The number of halogens is 1. The molecule has 5 rings (SSSR count). The molecule has 1 unspecified atom stereocenters. The average molecular weight is 510 g/mol. The van der Waals surface area contributed by atoms with E-state index in [4.69, 9.17) is 11.6 Å². The number of aliphatic hydroxyl groups is 1. The topological polar surface area (TPSA) is 64.1 Å². The molecule has 3 fully saturated rings. The van der Waals surface area contributed by atoms with Gasteiger partial charge in [0.15, 0.2) is 6.10 Å². The standard InChI is InChI=1S/C29H36ClN3O3/c30-26-20-24(8-9-25(26)28(35)32-14-4-5-15-32)31-16-10-21(11-17-31)22-12-18-33(19-13-22)29(36)27(34)23-6-2-1-3-7-23/h1-3,6-9,20-22,27,34H,4-5,10-19H2. The zero-order valence-corrected chi connectivity index (χ0v) is 21.6. The molecule has 1 atom stereocenters. The van der Waals surface area contributed by atoms with E-state index in [0.717, 1.165) is 83.5 Å². The number of amides is 2. The predicted molar refractivity (Wildman–Crippen MR) is 142 cm³/mol. The van der Waals surface area contributed by atoms with Gasteiger partial charge < -0.3 is 19.8 Å². The number of hydrogen-bond donors (Lipinski definition) is 1. The van der Waals surface area contributed by atoms with Crippen LogP contribution in [0.4, 0.5) is 5.69 Å². The van der Waals surface area contributed by atoms with Crippen molar-refractivity contribution >= 4 is 29.1 Å². The monoisotopic (exact) mass is 509 g/mol. The van der Waals surface area contributed by atoms with E-state index in [-0.39, 0.29) is 11.8 Å². The fourth-order valence-corrected chi connectivity index (χ4v) is 6.39. The number of carbonyl (C=O) groups is 2. The van der Waals surface area contributed by atoms with Crippen molar-refractivity contribution in [2.24, 2.45) is 11.8 Å². The Kier molecular flexibility index (Phi) is 7.82. The summed E-state index contributed by atoms with van der Waals surface area (Å²) in [6.45, 7) is 5.04. The van der Waals surface area contributed by atoms with Crippen molar-refractivity contribution in [3.63, 3.8) is 0 Å². The molecule has 0 saturated carbocycles. The third-order valence-electron chi connectivity index (χ3n) is 8.35. The number of carbonyl (C=O) groups excluding carboxylic acids is 2. The van der Waals surface area contributed by atoms with E-state index in [0.29, 0.717) is 28.0 Å². The molecule has 1 N–H and O–H groups in total. The summed E-state index contributed by atoms with van der Waals surface area (Å²) in [5.41, 5.74) is 2.35. The fraction of sp³-hybridized carbons (Fsp3) is 0.517. The summed E-state index contributed by atoms with van der Waals surface area (Å²) >= 11 is 6.55. The van der Waals surface area contributed by atoms with Crippen molar-refractivity contribution in [2.45, 2.75) is 44.6 Å². The van der Waals surface area contributed by atoms with Crippen molar-refractivity contribution < 1.29 is 14.7 Å². The maximum absolute atomic E-state index is 12.8. The van der Waals surface area contributed by atoms with Crippen LogP contribution in [-0.2, 0) is 4.79 Å². The maximum atomic E-state index is 12.8. The Labute approximate surface area is 218 Å². The van der Waals surface area contributed by atoms with Crippen molar-refractivity contribution in [3.05, 3.63) is 64.7 Å². The molecule has 7 heteroatoms. The number of benzene rings is 2. The van der Waals surface area contributed by atoms with E-state index < -0.39 is 6.10 Å². The van der Waals surface area contributed by atoms with Gasteiger partial charge in [-0.25, -0.2) is 0 Å². The second kappa shape index (κ2) is 11.2. The second-order valence-electron chi connectivity index (χ2n) is 10.5. The fourth-order valence-electron chi connectivity index (χ4n) is 6.14. The molecule has 2 aromatic rings. The lowest BCUT2D eigenvalue weighted by molar-refractivity contribution is -0.142. The van der Waals surface area contributed by atoms with Crippen molar-refractivity contribution in [1.29, 1.82) is 0 Å². The molecule has 0 aromatic heterocycles. The number of aliphatic hydroxyl groups excluding tert-OH is 1. The second-order valence-corrected chi connectivity index (χ2v) is 10.9. The molecule has 0 bridgehead atoms. The number of nitrogens with zero attached hydrogens (tertiary/aromatic N) is 3. The lowest BCUT2D eigenvalue weighted by Crippen LogP contribution is -2.44. The van der Waals surface area contributed by atoms with Crippen LogP contribution in [0.15, 0.2) is 48.5 Å². The third kappa shape index (κ3) is 5.40. The van der Waals surface area contributed by atoms with E-state index in [1.807, 2.05) is 46.2 Å². The van der Waals surface area contributed by atoms with E-state index >= 15 is 0 Å². The number of piperidine rings is 2. The number of anilines is 1. The van der Waals surface area contributed by atoms with E-state index in [9.17, 15) is 14.7 Å². The van der Waals surface area contributed by atoms with Crippen LogP contribution in [0.3, 0.4) is 0 Å². The molecule has 3 saturated heterocycles. The average Bonchev–Trinajstić information content (AvgIpc) is 3.48. The first-order valence-electron chi connectivity index (χ1n) is 13.4. The Hall–Kier alpha value is -2.57. The van der Waals surface area contributed by atoms with Gasteiger partial charge in [0, 0.05) is 45.0 Å². The molecule has 2 aromatic carbocycles. The SMILES string of the molecule is O=C(c1ccc(N2CCC(C3CCN(C(=O)C(O)c4ccccc4)CC3)CC2)cc1Cl)N1CCCC1. The first-order valence-corrected chi connectivity index (χ1v) is 13.7. The third-order valence-corrected chi connectivity index (χ3v) is 8.66. The van der Waals surface area contributed by atoms with Crippen molar-refractivity contribution in [2.75, 3.05) is 44.2 Å². The van der Waals surface area contributed by atoms with Gasteiger partial charge >= 0.3 is 0 Å². The summed E-state index contributed by atoms with van der Waals surface area (Å²) in [5.74, 6) is 1.14. The Morgan fingerprint density at radius 2 is 1.42 bits per heavy atom. The number of likely N-dealkylation sites (tertiary alicyclic amines) is 2. The van der Waals surface area contributed by atoms with Gasteiger partial charge in [0.2, 0.25) is 0 Å². The first-order chi connectivity index (χ1) is 17.5. The normalized spacial score (nSPS) is 20.6. The molecule has 0 aliphatic carbocycles. The van der Waals surface area contributed by atoms with Gasteiger partial charge in [-0.15, -0.1) is 0 Å². The maximum Gasteiger partial charge on any atom is 0.256 e. The number of rotatable bonds is 5. The minimum Gasteiger partial charge on any atom is -0.378 e. The minimum atomic E-state index is -1.07. The highest BCUT2D eigenvalue weighted by Crippen LogP contribution is 2.35. The molecule has 3 heterocycles. The highest BCUT2D eigenvalue weighted by Gasteiger charge is 2.33. The molecule has 0 spiro atoms. The van der Waals surface area contributed by atoms with Gasteiger partial charge in [0.1, 0.15) is 0 Å². The van der Waals surface area contributed by atoms with Crippen molar-refractivity contribution in [1.82, 2.24) is 9.80 Å². The van der Waals surface area contributed by atoms with E-state index in [1.165, 1.54) is 0 Å². The largest absolute Gasteiger partial charge is 0.378 e. The van der Waals surface area contributed by atoms with Crippen molar-refractivity contribution in [3.8, 4) is 0 Å². The molecule has 2 amide bonds. The van der Waals surface area contributed by atoms with Crippen LogP contribution in [0.1, 0.15) is 60.6 Å². The molecule has 192 valence electrons. The summed E-state index contributed by atoms with van der Waals surface area (Å²) < 4.78 is 0. The lowest BCUT2D eigenvalue weighted by Gasteiger charge is -2.41. The zero-order chi connectivity index (χ0) is 25.1. The van der Waals surface area contributed by atoms with Gasteiger partial charge in [0.05, 0.1) is 10.6 Å². The van der Waals surface area contributed by atoms with Crippen LogP contribution < -0.4 is 4.90 Å². The highest BCUT2D eigenvalue weighted by atomic mass is 35.5.